The van der Waals surface area contributed by atoms with Crippen LogP contribution in [0.25, 0.3) is 0 Å². The average Bonchev–Trinajstić information content (AvgIpc) is 2.30. The smallest absolute Gasteiger partial charge is 0.243 e. The minimum absolute atomic E-state index is 0.130. The Morgan fingerprint density at radius 2 is 1.95 bits per heavy atom. The molecular weight excluding hydrogens is 267 g/mol. The molecular formula is C13H21FN2O2S. The Morgan fingerprint density at radius 1 is 1.37 bits per heavy atom. The van der Waals surface area contributed by atoms with Gasteiger partial charge in [-0.2, -0.15) is 0 Å². The highest BCUT2D eigenvalue weighted by Crippen LogP contribution is 2.22. The van der Waals surface area contributed by atoms with E-state index in [1.807, 2.05) is 20.8 Å². The maximum atomic E-state index is 14.0. The topological polar surface area (TPSA) is 72.2 Å². The zero-order valence-corrected chi connectivity index (χ0v) is 12.5. The van der Waals surface area contributed by atoms with Crippen molar-refractivity contribution in [2.24, 2.45) is 5.92 Å². The number of nitrogens with one attached hydrogen (secondary N) is 1. The summed E-state index contributed by atoms with van der Waals surface area (Å²) in [6.45, 7) is 7.20. The first kappa shape index (κ1) is 15.9. The Bertz CT molecular complexity index is 556. The zero-order valence-electron chi connectivity index (χ0n) is 11.7. The van der Waals surface area contributed by atoms with Crippen LogP contribution in [0.4, 0.5) is 10.1 Å². The molecule has 0 amide bonds. The van der Waals surface area contributed by atoms with Crippen molar-refractivity contribution < 1.29 is 12.8 Å². The highest BCUT2D eigenvalue weighted by atomic mass is 32.2. The van der Waals surface area contributed by atoms with E-state index >= 15 is 0 Å². The number of anilines is 1. The third kappa shape index (κ3) is 3.67. The number of sulfonamides is 1. The van der Waals surface area contributed by atoms with Gasteiger partial charge in [0.15, 0.2) is 0 Å². The molecule has 19 heavy (non-hydrogen) atoms. The maximum absolute atomic E-state index is 14.0. The van der Waals surface area contributed by atoms with Gasteiger partial charge in [-0.05, 0) is 37.0 Å². The van der Waals surface area contributed by atoms with Gasteiger partial charge >= 0.3 is 0 Å². The summed E-state index contributed by atoms with van der Waals surface area (Å²) in [7, 11) is -3.90. The van der Waals surface area contributed by atoms with E-state index in [1.165, 1.54) is 13.0 Å². The number of halogens is 1. The highest BCUT2D eigenvalue weighted by molar-refractivity contribution is 7.89. The zero-order chi connectivity index (χ0) is 14.8. The number of hydrogen-bond donors (Lipinski definition) is 2. The first-order chi connectivity index (χ1) is 8.69. The summed E-state index contributed by atoms with van der Waals surface area (Å²) in [5.74, 6) is -0.620. The second-order valence-electron chi connectivity index (χ2n) is 5.03. The van der Waals surface area contributed by atoms with E-state index in [4.69, 9.17) is 5.73 Å². The Hall–Kier alpha value is -1.14. The fourth-order valence-electron chi connectivity index (χ4n) is 1.91. The van der Waals surface area contributed by atoms with Crippen LogP contribution >= 0.6 is 0 Å². The molecule has 1 aromatic rings. The lowest BCUT2D eigenvalue weighted by Gasteiger charge is -2.21. The molecule has 6 heteroatoms. The summed E-state index contributed by atoms with van der Waals surface area (Å²) in [6.07, 6.45) is 0.639. The number of aryl methyl sites for hydroxylation is 1. The predicted octanol–water partition coefficient (Wildman–Crippen LogP) is 2.43. The van der Waals surface area contributed by atoms with Gasteiger partial charge < -0.3 is 5.73 Å². The van der Waals surface area contributed by atoms with Crippen LogP contribution in [-0.4, -0.2) is 14.5 Å². The number of rotatable bonds is 5. The third-order valence-corrected chi connectivity index (χ3v) is 4.57. The summed E-state index contributed by atoms with van der Waals surface area (Å²) in [4.78, 5) is -0.385. The molecule has 4 nitrogen and oxygen atoms in total. The number of benzene rings is 1. The molecule has 3 N–H and O–H groups in total. The molecule has 0 bridgehead atoms. The van der Waals surface area contributed by atoms with Gasteiger partial charge in [0.1, 0.15) is 10.7 Å². The summed E-state index contributed by atoms with van der Waals surface area (Å²) in [5, 5.41) is 0. The van der Waals surface area contributed by atoms with E-state index in [2.05, 4.69) is 4.72 Å². The average molecular weight is 288 g/mol. The van der Waals surface area contributed by atoms with Crippen LogP contribution < -0.4 is 10.5 Å². The van der Waals surface area contributed by atoms with Crippen molar-refractivity contribution in [1.82, 2.24) is 4.72 Å². The highest BCUT2D eigenvalue weighted by Gasteiger charge is 2.25. The van der Waals surface area contributed by atoms with Gasteiger partial charge in [-0.3, -0.25) is 0 Å². The van der Waals surface area contributed by atoms with Crippen molar-refractivity contribution in [1.29, 1.82) is 0 Å². The standard InChI is InChI=1S/C13H21FN2O2S/c1-5-11(8(2)3)16-19(17,18)12-7-10(15)6-9(4)13(12)14/h6-8,11,16H,5,15H2,1-4H3. The summed E-state index contributed by atoms with van der Waals surface area (Å²) < 4.78 is 40.9. The first-order valence-electron chi connectivity index (χ1n) is 6.27. The van der Waals surface area contributed by atoms with E-state index in [-0.39, 0.29) is 28.1 Å². The lowest BCUT2D eigenvalue weighted by molar-refractivity contribution is 0.435. The third-order valence-electron chi connectivity index (χ3n) is 3.08. The molecule has 0 aliphatic carbocycles. The summed E-state index contributed by atoms with van der Waals surface area (Å²) >= 11 is 0. The molecule has 1 rings (SSSR count). The van der Waals surface area contributed by atoms with Gasteiger partial charge in [0.2, 0.25) is 10.0 Å². The Labute approximate surface area is 114 Å². The van der Waals surface area contributed by atoms with Crippen LogP contribution in [0, 0.1) is 18.7 Å². The molecule has 1 aromatic carbocycles. The van der Waals surface area contributed by atoms with Crippen molar-refractivity contribution in [2.75, 3.05) is 5.73 Å². The predicted molar refractivity (Wildman–Crippen MR) is 74.8 cm³/mol. The quantitative estimate of drug-likeness (QED) is 0.817. The SMILES string of the molecule is CCC(NS(=O)(=O)c1cc(N)cc(C)c1F)C(C)C. The van der Waals surface area contributed by atoms with Crippen molar-refractivity contribution >= 4 is 15.7 Å². The van der Waals surface area contributed by atoms with Crippen molar-refractivity contribution in [3.63, 3.8) is 0 Å². The molecule has 0 saturated carbocycles. The van der Waals surface area contributed by atoms with Crippen LogP contribution in [0.5, 0.6) is 0 Å². The van der Waals surface area contributed by atoms with E-state index in [0.717, 1.165) is 6.07 Å². The molecule has 1 unspecified atom stereocenters. The molecule has 0 aromatic heterocycles. The molecule has 0 saturated heterocycles. The first-order valence-corrected chi connectivity index (χ1v) is 7.75. The van der Waals surface area contributed by atoms with E-state index in [1.54, 1.807) is 0 Å². The second kappa shape index (κ2) is 5.88. The van der Waals surface area contributed by atoms with Crippen LogP contribution in [-0.2, 0) is 10.0 Å². The van der Waals surface area contributed by atoms with Crippen molar-refractivity contribution in [2.45, 2.75) is 45.1 Å². The van der Waals surface area contributed by atoms with E-state index in [9.17, 15) is 12.8 Å². The minimum atomic E-state index is -3.90. The van der Waals surface area contributed by atoms with Crippen LogP contribution in [0.1, 0.15) is 32.8 Å². The molecule has 1 atom stereocenters. The lowest BCUT2D eigenvalue weighted by Crippen LogP contribution is -2.38. The molecule has 0 fully saturated rings. The molecule has 0 aliphatic heterocycles. The van der Waals surface area contributed by atoms with Crippen LogP contribution in [0.15, 0.2) is 17.0 Å². The van der Waals surface area contributed by atoms with Gasteiger partial charge in [-0.15, -0.1) is 0 Å². The van der Waals surface area contributed by atoms with Crippen LogP contribution in [0.3, 0.4) is 0 Å². The lowest BCUT2D eigenvalue weighted by atomic mass is 10.0. The number of nitrogen functional groups attached to an aromatic ring is 1. The monoisotopic (exact) mass is 288 g/mol. The van der Waals surface area contributed by atoms with Crippen LogP contribution in [0.2, 0.25) is 0 Å². The van der Waals surface area contributed by atoms with Crippen molar-refractivity contribution in [3.05, 3.63) is 23.5 Å². The molecule has 0 heterocycles. The van der Waals surface area contributed by atoms with E-state index in [0.29, 0.717) is 6.42 Å². The van der Waals surface area contributed by atoms with E-state index < -0.39 is 15.8 Å². The Balaban J connectivity index is 3.21. The molecule has 0 aliphatic rings. The van der Waals surface area contributed by atoms with Gasteiger partial charge in [0.25, 0.3) is 0 Å². The minimum Gasteiger partial charge on any atom is -0.399 e. The second-order valence-corrected chi connectivity index (χ2v) is 6.71. The fourth-order valence-corrected chi connectivity index (χ4v) is 3.57. The number of hydrogen-bond acceptors (Lipinski definition) is 3. The maximum Gasteiger partial charge on any atom is 0.243 e. The molecule has 0 radical (unpaired) electrons. The molecule has 0 spiro atoms. The Kier molecular flexibility index (Phi) is 4.92. The van der Waals surface area contributed by atoms with Gasteiger partial charge in [-0.1, -0.05) is 20.8 Å². The van der Waals surface area contributed by atoms with Crippen molar-refractivity contribution in [3.8, 4) is 0 Å². The summed E-state index contributed by atoms with van der Waals surface area (Å²) in [6, 6.07) is 2.33. The molecule has 108 valence electrons. The largest absolute Gasteiger partial charge is 0.399 e. The summed E-state index contributed by atoms with van der Waals surface area (Å²) in [5.41, 5.74) is 6.04. The van der Waals surface area contributed by atoms with Gasteiger partial charge in [-0.25, -0.2) is 17.5 Å². The normalized spacial score (nSPS) is 13.8. The fraction of sp³-hybridized carbons (Fsp3) is 0.538. The van der Waals surface area contributed by atoms with Gasteiger partial charge in [0.05, 0.1) is 0 Å². The van der Waals surface area contributed by atoms with Gasteiger partial charge in [0, 0.05) is 11.7 Å². The Morgan fingerprint density at radius 3 is 2.42 bits per heavy atom. The number of nitrogens with two attached hydrogens (primary N) is 1.